The van der Waals surface area contributed by atoms with Crippen LogP contribution in [0.2, 0.25) is 5.02 Å². The highest BCUT2D eigenvalue weighted by Crippen LogP contribution is 2.31. The topological polar surface area (TPSA) is 97.5 Å². The average Bonchev–Trinajstić information content (AvgIpc) is 2.96. The van der Waals surface area contributed by atoms with Crippen LogP contribution in [-0.2, 0) is 0 Å². The van der Waals surface area contributed by atoms with Crippen molar-refractivity contribution in [2.75, 3.05) is 12.4 Å². The molecule has 1 atom stereocenters. The highest BCUT2D eigenvalue weighted by molar-refractivity contribution is 6.30. The zero-order valence-electron chi connectivity index (χ0n) is 12.9. The molecule has 3 rings (SSSR count). The van der Waals surface area contributed by atoms with Crippen molar-refractivity contribution < 1.29 is 19.1 Å². The fraction of sp³-hybridized carbons (Fsp3) is 0.188. The molecule has 24 heavy (non-hydrogen) atoms. The molecule has 0 aliphatic heterocycles. The van der Waals surface area contributed by atoms with Gasteiger partial charge in [0.15, 0.2) is 11.3 Å². The van der Waals surface area contributed by atoms with Crippen LogP contribution in [0.15, 0.2) is 34.9 Å². The molecule has 7 nitrogen and oxygen atoms in total. The number of aromatic carboxylic acids is 1. The number of fused-ring (bicyclic) bond motifs is 1. The fourth-order valence-electron chi connectivity index (χ4n) is 2.26. The molecule has 0 aliphatic rings. The molecule has 8 heteroatoms. The highest BCUT2D eigenvalue weighted by Gasteiger charge is 2.17. The normalized spacial score (nSPS) is 12.1. The summed E-state index contributed by atoms with van der Waals surface area (Å²) in [4.78, 5) is 19.7. The first-order chi connectivity index (χ1) is 11.5. The number of anilines is 1. The molecule has 0 aliphatic carbocycles. The Morgan fingerprint density at radius 2 is 2.21 bits per heavy atom. The molecule has 0 saturated heterocycles. The Bertz CT molecular complexity index is 909. The summed E-state index contributed by atoms with van der Waals surface area (Å²) < 4.78 is 10.8. The van der Waals surface area contributed by atoms with Crippen LogP contribution in [0.4, 0.5) is 6.01 Å². The Labute approximate surface area is 142 Å². The summed E-state index contributed by atoms with van der Waals surface area (Å²) in [5.74, 6) is -0.761. The maximum absolute atomic E-state index is 11.2. The maximum atomic E-state index is 11.2. The van der Waals surface area contributed by atoms with Gasteiger partial charge in [0.05, 0.1) is 24.4 Å². The van der Waals surface area contributed by atoms with E-state index >= 15 is 0 Å². The van der Waals surface area contributed by atoms with Gasteiger partial charge in [-0.3, -0.25) is 4.98 Å². The molecule has 2 heterocycles. The van der Waals surface area contributed by atoms with Gasteiger partial charge >= 0.3 is 5.97 Å². The number of rotatable bonds is 5. The number of carboxylic acid groups (broad SMARTS) is 1. The Kier molecular flexibility index (Phi) is 4.26. The summed E-state index contributed by atoms with van der Waals surface area (Å²) in [6.45, 7) is 1.88. The van der Waals surface area contributed by atoms with E-state index in [1.807, 2.05) is 6.92 Å². The lowest BCUT2D eigenvalue weighted by atomic mass is 10.2. The van der Waals surface area contributed by atoms with Crippen LogP contribution < -0.4 is 10.1 Å². The number of nitrogens with zero attached hydrogens (tertiary/aromatic N) is 2. The predicted octanol–water partition coefficient (Wildman–Crippen LogP) is 3.76. The zero-order valence-corrected chi connectivity index (χ0v) is 13.7. The predicted molar refractivity (Wildman–Crippen MR) is 88.8 cm³/mol. The van der Waals surface area contributed by atoms with Crippen molar-refractivity contribution in [1.82, 2.24) is 9.97 Å². The monoisotopic (exact) mass is 347 g/mol. The van der Waals surface area contributed by atoms with Gasteiger partial charge in [-0.25, -0.2) is 4.79 Å². The van der Waals surface area contributed by atoms with Crippen molar-refractivity contribution in [3.8, 4) is 5.75 Å². The van der Waals surface area contributed by atoms with Crippen LogP contribution in [0.3, 0.4) is 0 Å². The van der Waals surface area contributed by atoms with E-state index in [0.717, 1.165) is 5.69 Å². The number of methoxy groups -OCH3 is 1. The first kappa shape index (κ1) is 16.1. The van der Waals surface area contributed by atoms with Crippen LogP contribution >= 0.6 is 11.6 Å². The standard InChI is InChI=1S/C16H14ClN3O4/c1-8(11-7-10(17)3-4-18-11)19-16-20-12-5-9(15(21)22)6-13(23-2)14(12)24-16/h3-8H,1-2H3,(H,19,20)(H,21,22). The molecular weight excluding hydrogens is 334 g/mol. The molecule has 0 spiro atoms. The SMILES string of the molecule is COc1cc(C(=O)O)cc2nc(NC(C)c3cc(Cl)ccn3)oc12. The lowest BCUT2D eigenvalue weighted by molar-refractivity contribution is 0.0696. The number of aromatic nitrogens is 2. The van der Waals surface area contributed by atoms with Gasteiger partial charge in [0.25, 0.3) is 6.01 Å². The number of halogens is 1. The van der Waals surface area contributed by atoms with Crippen molar-refractivity contribution in [3.05, 3.63) is 46.7 Å². The molecule has 0 radical (unpaired) electrons. The Balaban J connectivity index is 1.94. The number of benzene rings is 1. The van der Waals surface area contributed by atoms with Crippen LogP contribution in [0, 0.1) is 0 Å². The minimum atomic E-state index is -1.07. The van der Waals surface area contributed by atoms with Crippen LogP contribution in [-0.4, -0.2) is 28.2 Å². The molecule has 2 aromatic heterocycles. The number of hydrogen-bond acceptors (Lipinski definition) is 6. The van der Waals surface area contributed by atoms with Gasteiger partial charge in [0.2, 0.25) is 0 Å². The Hall–Kier alpha value is -2.80. The summed E-state index contributed by atoms with van der Waals surface area (Å²) in [6, 6.07) is 6.28. The van der Waals surface area contributed by atoms with Crippen LogP contribution in [0.5, 0.6) is 5.75 Å². The number of nitrogens with one attached hydrogen (secondary N) is 1. The zero-order chi connectivity index (χ0) is 17.3. The fourth-order valence-corrected chi connectivity index (χ4v) is 2.42. The van der Waals surface area contributed by atoms with Crippen molar-refractivity contribution in [2.45, 2.75) is 13.0 Å². The van der Waals surface area contributed by atoms with Crippen molar-refractivity contribution in [3.63, 3.8) is 0 Å². The molecule has 1 unspecified atom stereocenters. The van der Waals surface area contributed by atoms with Crippen molar-refractivity contribution >= 4 is 34.7 Å². The first-order valence-corrected chi connectivity index (χ1v) is 7.45. The van der Waals surface area contributed by atoms with Gasteiger partial charge in [-0.15, -0.1) is 0 Å². The number of oxazole rings is 1. The van der Waals surface area contributed by atoms with E-state index in [0.29, 0.717) is 21.9 Å². The number of ether oxygens (including phenoxy) is 1. The molecule has 0 saturated carbocycles. The quantitative estimate of drug-likeness (QED) is 0.725. The third-order valence-electron chi connectivity index (χ3n) is 3.45. The summed E-state index contributed by atoms with van der Waals surface area (Å²) in [6.07, 6.45) is 1.62. The lowest BCUT2D eigenvalue weighted by Gasteiger charge is -2.11. The molecule has 0 amide bonds. The number of carbonyl (C=O) groups is 1. The molecule has 124 valence electrons. The van der Waals surface area contributed by atoms with Gasteiger partial charge < -0.3 is 19.6 Å². The number of carboxylic acids is 1. The average molecular weight is 348 g/mol. The van der Waals surface area contributed by atoms with Gasteiger partial charge in [-0.05, 0) is 31.2 Å². The highest BCUT2D eigenvalue weighted by atomic mass is 35.5. The van der Waals surface area contributed by atoms with Crippen molar-refractivity contribution in [1.29, 1.82) is 0 Å². The molecular formula is C16H14ClN3O4. The summed E-state index contributed by atoms with van der Waals surface area (Å²) in [5, 5.41) is 12.8. The number of hydrogen-bond donors (Lipinski definition) is 2. The van der Waals surface area contributed by atoms with Crippen LogP contribution in [0.25, 0.3) is 11.1 Å². The number of pyridine rings is 1. The second-order valence-electron chi connectivity index (χ2n) is 5.12. The van der Waals surface area contributed by atoms with Crippen LogP contribution in [0.1, 0.15) is 29.0 Å². The van der Waals surface area contributed by atoms with Gasteiger partial charge in [-0.1, -0.05) is 11.6 Å². The van der Waals surface area contributed by atoms with E-state index in [4.69, 9.17) is 25.9 Å². The Morgan fingerprint density at radius 3 is 2.88 bits per heavy atom. The largest absolute Gasteiger partial charge is 0.493 e. The molecule has 2 N–H and O–H groups in total. The van der Waals surface area contributed by atoms with Gasteiger partial charge in [-0.2, -0.15) is 4.98 Å². The van der Waals surface area contributed by atoms with E-state index in [1.165, 1.54) is 19.2 Å². The van der Waals surface area contributed by atoms with E-state index in [2.05, 4.69) is 15.3 Å². The third kappa shape index (κ3) is 3.11. The first-order valence-electron chi connectivity index (χ1n) is 7.08. The lowest BCUT2D eigenvalue weighted by Crippen LogP contribution is -2.08. The third-order valence-corrected chi connectivity index (χ3v) is 3.68. The molecule has 3 aromatic rings. The van der Waals surface area contributed by atoms with E-state index in [1.54, 1.807) is 18.3 Å². The van der Waals surface area contributed by atoms with E-state index < -0.39 is 5.97 Å². The van der Waals surface area contributed by atoms with Gasteiger partial charge in [0.1, 0.15) is 5.52 Å². The maximum Gasteiger partial charge on any atom is 0.335 e. The smallest absolute Gasteiger partial charge is 0.335 e. The summed E-state index contributed by atoms with van der Waals surface area (Å²) in [7, 11) is 1.44. The molecule has 0 fully saturated rings. The van der Waals surface area contributed by atoms with Gasteiger partial charge in [0, 0.05) is 11.2 Å². The van der Waals surface area contributed by atoms with Crippen molar-refractivity contribution in [2.24, 2.45) is 0 Å². The molecule has 1 aromatic carbocycles. The van der Waals surface area contributed by atoms with E-state index in [9.17, 15) is 4.79 Å². The Morgan fingerprint density at radius 1 is 1.42 bits per heavy atom. The second-order valence-corrected chi connectivity index (χ2v) is 5.55. The second kappa shape index (κ2) is 6.37. The minimum absolute atomic E-state index is 0.0729. The summed E-state index contributed by atoms with van der Waals surface area (Å²) >= 11 is 5.96. The minimum Gasteiger partial charge on any atom is -0.493 e. The summed E-state index contributed by atoms with van der Waals surface area (Å²) in [5.41, 5.74) is 1.56. The van der Waals surface area contributed by atoms with E-state index in [-0.39, 0.29) is 17.6 Å². The molecule has 0 bridgehead atoms.